The molecular weight excluding hydrogens is 292 g/mol. The summed E-state index contributed by atoms with van der Waals surface area (Å²) in [5, 5.41) is 2.77. The monoisotopic (exact) mass is 318 g/mol. The molecule has 1 heterocycles. The third-order valence-electron chi connectivity index (χ3n) is 4.18. The normalized spacial score (nSPS) is 19.1. The van der Waals surface area contributed by atoms with Crippen LogP contribution in [0.1, 0.15) is 36.5 Å². The molecule has 1 aliphatic heterocycles. The minimum Gasteiger partial charge on any atom is -0.334 e. The van der Waals surface area contributed by atoms with Crippen molar-refractivity contribution >= 4 is 17.6 Å². The van der Waals surface area contributed by atoms with E-state index in [1.807, 2.05) is 11.8 Å². The first-order valence-electron chi connectivity index (χ1n) is 8.05. The second-order valence-electron chi connectivity index (χ2n) is 6.33. The van der Waals surface area contributed by atoms with Crippen molar-refractivity contribution in [2.75, 3.05) is 26.0 Å². The fraction of sp³-hybridized carbons (Fsp3) is 0.529. The SMILES string of the molecule is CC(N)C1CCCCN1C(=O)c1cccc(NC(=O)N(C)C)c1. The number of hydrogen-bond acceptors (Lipinski definition) is 3. The summed E-state index contributed by atoms with van der Waals surface area (Å²) >= 11 is 0. The molecular formula is C17H26N4O2. The van der Waals surface area contributed by atoms with Crippen LogP contribution in [0, 0.1) is 0 Å². The van der Waals surface area contributed by atoms with E-state index in [0.29, 0.717) is 11.3 Å². The Labute approximate surface area is 137 Å². The minimum atomic E-state index is -0.221. The Morgan fingerprint density at radius 3 is 2.74 bits per heavy atom. The van der Waals surface area contributed by atoms with Gasteiger partial charge in [-0.2, -0.15) is 0 Å². The van der Waals surface area contributed by atoms with E-state index >= 15 is 0 Å². The molecule has 2 atom stereocenters. The van der Waals surface area contributed by atoms with Gasteiger partial charge in [0.05, 0.1) is 0 Å². The summed E-state index contributed by atoms with van der Waals surface area (Å²) in [6.07, 6.45) is 3.06. The summed E-state index contributed by atoms with van der Waals surface area (Å²) in [7, 11) is 3.34. The van der Waals surface area contributed by atoms with Crippen LogP contribution in [0.3, 0.4) is 0 Å². The van der Waals surface area contributed by atoms with Crippen LogP contribution in [0.2, 0.25) is 0 Å². The third kappa shape index (κ3) is 4.22. The summed E-state index contributed by atoms with van der Waals surface area (Å²) in [4.78, 5) is 27.9. The zero-order valence-corrected chi connectivity index (χ0v) is 14.1. The lowest BCUT2D eigenvalue weighted by Crippen LogP contribution is -2.51. The first kappa shape index (κ1) is 17.3. The van der Waals surface area contributed by atoms with Crippen LogP contribution in [0.5, 0.6) is 0 Å². The number of nitrogens with zero attached hydrogens (tertiary/aromatic N) is 2. The number of likely N-dealkylation sites (tertiary alicyclic amines) is 1. The number of carbonyl (C=O) groups excluding carboxylic acids is 2. The molecule has 1 aromatic carbocycles. The van der Waals surface area contributed by atoms with Crippen LogP contribution < -0.4 is 11.1 Å². The molecule has 1 aliphatic rings. The molecule has 6 nitrogen and oxygen atoms in total. The van der Waals surface area contributed by atoms with E-state index in [1.54, 1.807) is 38.4 Å². The van der Waals surface area contributed by atoms with E-state index in [1.165, 1.54) is 4.90 Å². The maximum Gasteiger partial charge on any atom is 0.321 e. The number of piperidine rings is 1. The van der Waals surface area contributed by atoms with Crippen molar-refractivity contribution in [3.05, 3.63) is 29.8 Å². The van der Waals surface area contributed by atoms with Crippen LogP contribution >= 0.6 is 0 Å². The smallest absolute Gasteiger partial charge is 0.321 e. The highest BCUT2D eigenvalue weighted by Crippen LogP contribution is 2.22. The van der Waals surface area contributed by atoms with Gasteiger partial charge in [-0.25, -0.2) is 4.79 Å². The van der Waals surface area contributed by atoms with Gasteiger partial charge < -0.3 is 20.9 Å². The zero-order chi connectivity index (χ0) is 17.0. The van der Waals surface area contributed by atoms with Crippen LogP contribution in [-0.4, -0.2) is 54.5 Å². The number of anilines is 1. The van der Waals surface area contributed by atoms with Crippen molar-refractivity contribution in [2.24, 2.45) is 5.73 Å². The lowest BCUT2D eigenvalue weighted by Gasteiger charge is -2.38. The number of benzene rings is 1. The van der Waals surface area contributed by atoms with E-state index in [2.05, 4.69) is 5.32 Å². The Morgan fingerprint density at radius 2 is 2.09 bits per heavy atom. The molecule has 0 bridgehead atoms. The van der Waals surface area contributed by atoms with Crippen molar-refractivity contribution in [3.8, 4) is 0 Å². The Bertz CT molecular complexity index is 571. The number of nitrogens with one attached hydrogen (secondary N) is 1. The van der Waals surface area contributed by atoms with Crippen LogP contribution in [-0.2, 0) is 0 Å². The Morgan fingerprint density at radius 1 is 1.35 bits per heavy atom. The molecule has 2 unspecified atom stereocenters. The molecule has 0 saturated carbocycles. The van der Waals surface area contributed by atoms with Gasteiger partial charge in [0.2, 0.25) is 0 Å². The maximum atomic E-state index is 12.8. The summed E-state index contributed by atoms with van der Waals surface area (Å²) in [6.45, 7) is 2.68. The van der Waals surface area contributed by atoms with E-state index in [4.69, 9.17) is 5.73 Å². The van der Waals surface area contributed by atoms with Gasteiger partial charge in [0.1, 0.15) is 0 Å². The van der Waals surface area contributed by atoms with Gasteiger partial charge in [-0.1, -0.05) is 6.07 Å². The fourth-order valence-electron chi connectivity index (χ4n) is 2.89. The lowest BCUT2D eigenvalue weighted by molar-refractivity contribution is 0.0584. The number of rotatable bonds is 3. The fourth-order valence-corrected chi connectivity index (χ4v) is 2.89. The van der Waals surface area contributed by atoms with Crippen molar-refractivity contribution < 1.29 is 9.59 Å². The molecule has 126 valence electrons. The van der Waals surface area contributed by atoms with Crippen molar-refractivity contribution in [1.29, 1.82) is 0 Å². The number of carbonyl (C=O) groups is 2. The van der Waals surface area contributed by atoms with Gasteiger partial charge in [0.15, 0.2) is 0 Å². The average molecular weight is 318 g/mol. The molecule has 1 aromatic rings. The second-order valence-corrected chi connectivity index (χ2v) is 6.33. The zero-order valence-electron chi connectivity index (χ0n) is 14.1. The van der Waals surface area contributed by atoms with Crippen LogP contribution in [0.25, 0.3) is 0 Å². The Kier molecular flexibility index (Phi) is 5.60. The van der Waals surface area contributed by atoms with E-state index in [9.17, 15) is 9.59 Å². The highest BCUT2D eigenvalue weighted by molar-refractivity contribution is 5.97. The molecule has 0 radical (unpaired) electrons. The molecule has 1 fully saturated rings. The number of hydrogen-bond donors (Lipinski definition) is 2. The third-order valence-corrected chi connectivity index (χ3v) is 4.18. The molecule has 6 heteroatoms. The average Bonchev–Trinajstić information content (AvgIpc) is 2.54. The quantitative estimate of drug-likeness (QED) is 0.896. The van der Waals surface area contributed by atoms with Crippen molar-refractivity contribution in [2.45, 2.75) is 38.3 Å². The summed E-state index contributed by atoms with van der Waals surface area (Å²) in [5.41, 5.74) is 7.24. The molecule has 0 aromatic heterocycles. The van der Waals surface area contributed by atoms with Crippen LogP contribution in [0.4, 0.5) is 10.5 Å². The van der Waals surface area contributed by atoms with Crippen molar-refractivity contribution in [3.63, 3.8) is 0 Å². The summed E-state index contributed by atoms with van der Waals surface area (Å²) < 4.78 is 0. The van der Waals surface area contributed by atoms with E-state index < -0.39 is 0 Å². The standard InChI is InChI=1S/C17H26N4O2/c1-12(18)15-9-4-5-10-21(15)16(22)13-7-6-8-14(11-13)19-17(23)20(2)3/h6-8,11-12,15H,4-5,9-10,18H2,1-3H3,(H,19,23). The minimum absolute atomic E-state index is 0.0204. The van der Waals surface area contributed by atoms with E-state index in [-0.39, 0.29) is 24.0 Å². The number of amides is 3. The van der Waals surface area contributed by atoms with Gasteiger partial charge >= 0.3 is 6.03 Å². The highest BCUT2D eigenvalue weighted by Gasteiger charge is 2.29. The lowest BCUT2D eigenvalue weighted by atomic mass is 9.96. The summed E-state index contributed by atoms with van der Waals surface area (Å²) in [6, 6.07) is 6.87. The van der Waals surface area contributed by atoms with Gasteiger partial charge in [0, 0.05) is 44.0 Å². The summed E-state index contributed by atoms with van der Waals surface area (Å²) in [5.74, 6) is -0.0204. The highest BCUT2D eigenvalue weighted by atomic mass is 16.2. The molecule has 2 rings (SSSR count). The Hall–Kier alpha value is -2.08. The predicted molar refractivity (Wildman–Crippen MR) is 91.5 cm³/mol. The van der Waals surface area contributed by atoms with Gasteiger partial charge in [0.25, 0.3) is 5.91 Å². The molecule has 3 amide bonds. The largest absolute Gasteiger partial charge is 0.334 e. The number of nitrogens with two attached hydrogens (primary N) is 1. The molecule has 23 heavy (non-hydrogen) atoms. The first-order valence-corrected chi connectivity index (χ1v) is 8.05. The molecule has 1 saturated heterocycles. The molecule has 0 aliphatic carbocycles. The maximum absolute atomic E-state index is 12.8. The van der Waals surface area contributed by atoms with Gasteiger partial charge in [-0.15, -0.1) is 0 Å². The molecule has 0 spiro atoms. The topological polar surface area (TPSA) is 78.7 Å². The first-order chi connectivity index (χ1) is 10.9. The predicted octanol–water partition coefficient (Wildman–Crippen LogP) is 2.12. The van der Waals surface area contributed by atoms with E-state index in [0.717, 1.165) is 25.8 Å². The number of urea groups is 1. The van der Waals surface area contributed by atoms with Gasteiger partial charge in [-0.3, -0.25) is 4.79 Å². The Balaban J connectivity index is 2.17. The second kappa shape index (κ2) is 7.46. The molecule has 3 N–H and O–H groups in total. The van der Waals surface area contributed by atoms with Gasteiger partial charge in [-0.05, 0) is 44.4 Å². The van der Waals surface area contributed by atoms with Crippen molar-refractivity contribution in [1.82, 2.24) is 9.80 Å². The van der Waals surface area contributed by atoms with Crippen LogP contribution in [0.15, 0.2) is 24.3 Å².